The van der Waals surface area contributed by atoms with E-state index in [1.54, 1.807) is 17.5 Å². The van der Waals surface area contributed by atoms with Crippen molar-refractivity contribution < 1.29 is 12.9 Å². The fraction of sp³-hybridized carbons (Fsp3) is 0.625. The molecular formula is C16H23ClN4O3S2. The van der Waals surface area contributed by atoms with Crippen molar-refractivity contribution in [2.24, 2.45) is 5.73 Å². The van der Waals surface area contributed by atoms with Crippen molar-refractivity contribution >= 4 is 33.8 Å². The van der Waals surface area contributed by atoms with Crippen molar-refractivity contribution in [2.45, 2.75) is 60.7 Å². The van der Waals surface area contributed by atoms with Gasteiger partial charge in [-0.2, -0.15) is 9.29 Å². The molecule has 3 heterocycles. The third-order valence-corrected chi connectivity index (χ3v) is 8.46. The maximum Gasteiger partial charge on any atom is 0.253 e. The monoisotopic (exact) mass is 418 g/mol. The molecule has 1 aliphatic carbocycles. The molecule has 0 amide bonds. The Balaban J connectivity index is 0.00000196. The van der Waals surface area contributed by atoms with E-state index in [1.165, 1.54) is 15.6 Å². The Morgan fingerprint density at radius 2 is 2.04 bits per heavy atom. The fourth-order valence-corrected chi connectivity index (χ4v) is 6.54. The molecule has 2 fully saturated rings. The maximum absolute atomic E-state index is 13.0. The summed E-state index contributed by atoms with van der Waals surface area (Å²) in [6.07, 6.45) is 6.26. The van der Waals surface area contributed by atoms with Crippen LogP contribution in [0.3, 0.4) is 0 Å². The molecule has 7 nitrogen and oxygen atoms in total. The van der Waals surface area contributed by atoms with Crippen molar-refractivity contribution in [1.82, 2.24) is 14.4 Å². The number of hydrogen-bond donors (Lipinski definition) is 1. The Hall–Kier alpha value is -1.00. The summed E-state index contributed by atoms with van der Waals surface area (Å²) in [5.41, 5.74) is 5.87. The van der Waals surface area contributed by atoms with E-state index >= 15 is 0 Å². The van der Waals surface area contributed by atoms with Crippen LogP contribution in [0.2, 0.25) is 0 Å². The molecular weight excluding hydrogens is 396 g/mol. The van der Waals surface area contributed by atoms with Gasteiger partial charge in [0.2, 0.25) is 5.89 Å². The lowest BCUT2D eigenvalue weighted by molar-refractivity contribution is 0.204. The third-order valence-electron chi connectivity index (χ3n) is 5.18. The summed E-state index contributed by atoms with van der Waals surface area (Å²) in [7, 11) is -3.55. The summed E-state index contributed by atoms with van der Waals surface area (Å²) in [6, 6.07) is 2.98. The predicted molar refractivity (Wildman–Crippen MR) is 101 cm³/mol. The number of hydrogen-bond acceptors (Lipinski definition) is 7. The molecule has 0 spiro atoms. The Bertz CT molecular complexity index is 832. The molecule has 26 heavy (non-hydrogen) atoms. The van der Waals surface area contributed by atoms with Gasteiger partial charge in [0.25, 0.3) is 10.0 Å². The van der Waals surface area contributed by atoms with Crippen LogP contribution in [0.1, 0.15) is 62.7 Å². The second-order valence-electron chi connectivity index (χ2n) is 6.88. The maximum atomic E-state index is 13.0. The van der Waals surface area contributed by atoms with E-state index in [9.17, 15) is 8.42 Å². The summed E-state index contributed by atoms with van der Waals surface area (Å²) in [5.74, 6) is 0.880. The van der Waals surface area contributed by atoms with Gasteiger partial charge in [-0.3, -0.25) is 0 Å². The minimum atomic E-state index is -3.55. The largest absolute Gasteiger partial charge is 0.337 e. The molecule has 2 aromatic heterocycles. The summed E-state index contributed by atoms with van der Waals surface area (Å²) in [4.78, 5) is 4.53. The number of rotatable bonds is 4. The summed E-state index contributed by atoms with van der Waals surface area (Å²) in [5, 5.41) is 5.87. The third kappa shape index (κ3) is 3.43. The second-order valence-corrected chi connectivity index (χ2v) is 9.94. The number of nitrogens with two attached hydrogens (primary N) is 1. The van der Waals surface area contributed by atoms with Crippen LogP contribution in [0, 0.1) is 0 Å². The summed E-state index contributed by atoms with van der Waals surface area (Å²) >= 11 is 1.23. The van der Waals surface area contributed by atoms with Gasteiger partial charge in [-0.1, -0.05) is 30.5 Å². The minimum Gasteiger partial charge on any atom is -0.337 e. The van der Waals surface area contributed by atoms with Gasteiger partial charge in [0.05, 0.1) is 5.54 Å². The molecule has 2 N–H and O–H groups in total. The standard InChI is InChI=1S/C16H22N4O3S2.ClH/c17-16(8-2-3-9-16)15-18-14(23-19-15)12-6-1-4-10-20(12)25(21,22)13-7-5-11-24-13;/h5,7,11-12H,1-4,6,8-10,17H2;1H. The van der Waals surface area contributed by atoms with Gasteiger partial charge < -0.3 is 10.3 Å². The van der Waals surface area contributed by atoms with Crippen LogP contribution in [0.25, 0.3) is 0 Å². The molecule has 1 saturated heterocycles. The van der Waals surface area contributed by atoms with Gasteiger partial charge in [-0.25, -0.2) is 8.42 Å². The number of halogens is 1. The first-order valence-corrected chi connectivity index (χ1v) is 11.0. The van der Waals surface area contributed by atoms with Crippen LogP contribution in [-0.4, -0.2) is 29.4 Å². The molecule has 1 aliphatic heterocycles. The first-order valence-electron chi connectivity index (χ1n) is 8.69. The van der Waals surface area contributed by atoms with E-state index in [-0.39, 0.29) is 12.4 Å². The van der Waals surface area contributed by atoms with Gasteiger partial charge in [0.15, 0.2) is 5.82 Å². The van der Waals surface area contributed by atoms with Gasteiger partial charge >= 0.3 is 0 Å². The predicted octanol–water partition coefficient (Wildman–Crippen LogP) is 3.20. The highest BCUT2D eigenvalue weighted by atomic mass is 35.5. The number of nitrogens with zero attached hydrogens (tertiary/aromatic N) is 3. The lowest BCUT2D eigenvalue weighted by atomic mass is 9.98. The zero-order valence-electron chi connectivity index (χ0n) is 14.3. The van der Waals surface area contributed by atoms with E-state index in [0.29, 0.717) is 28.9 Å². The van der Waals surface area contributed by atoms with Crippen molar-refractivity contribution in [1.29, 1.82) is 0 Å². The summed E-state index contributed by atoms with van der Waals surface area (Å²) in [6.45, 7) is 0.469. The molecule has 2 aliphatic rings. The molecule has 144 valence electrons. The van der Waals surface area contributed by atoms with Gasteiger partial charge in [0, 0.05) is 6.54 Å². The highest BCUT2D eigenvalue weighted by molar-refractivity contribution is 7.91. The van der Waals surface area contributed by atoms with E-state index < -0.39 is 21.6 Å². The Labute approximate surface area is 163 Å². The van der Waals surface area contributed by atoms with Crippen LogP contribution in [-0.2, 0) is 15.6 Å². The van der Waals surface area contributed by atoms with Crippen LogP contribution in [0.4, 0.5) is 0 Å². The van der Waals surface area contributed by atoms with E-state index in [0.717, 1.165) is 38.5 Å². The van der Waals surface area contributed by atoms with Crippen molar-refractivity contribution in [3.63, 3.8) is 0 Å². The number of thiophene rings is 1. The van der Waals surface area contributed by atoms with Gasteiger partial charge in [-0.15, -0.1) is 23.7 Å². The van der Waals surface area contributed by atoms with Crippen molar-refractivity contribution in [3.8, 4) is 0 Å². The zero-order chi connectivity index (χ0) is 17.5. The molecule has 0 aromatic carbocycles. The highest BCUT2D eigenvalue weighted by Crippen LogP contribution is 2.38. The Kier molecular flexibility index (Phi) is 5.74. The minimum absolute atomic E-state index is 0. The molecule has 10 heteroatoms. The van der Waals surface area contributed by atoms with Crippen LogP contribution in [0.15, 0.2) is 26.2 Å². The normalized spacial score (nSPS) is 23.7. The number of piperidine rings is 1. The first-order chi connectivity index (χ1) is 12.0. The molecule has 0 bridgehead atoms. The van der Waals surface area contributed by atoms with Crippen LogP contribution < -0.4 is 5.73 Å². The smallest absolute Gasteiger partial charge is 0.253 e. The molecule has 1 atom stereocenters. The Morgan fingerprint density at radius 1 is 1.27 bits per heavy atom. The molecule has 2 aromatic rings. The van der Waals surface area contributed by atoms with Crippen molar-refractivity contribution in [3.05, 3.63) is 29.2 Å². The summed E-state index contributed by atoms with van der Waals surface area (Å²) < 4.78 is 33.3. The van der Waals surface area contributed by atoms with Crippen LogP contribution >= 0.6 is 23.7 Å². The van der Waals surface area contributed by atoms with E-state index in [4.69, 9.17) is 10.3 Å². The average Bonchev–Trinajstić information content (AvgIpc) is 3.36. The second kappa shape index (κ2) is 7.55. The number of aromatic nitrogens is 2. The molecule has 1 saturated carbocycles. The topological polar surface area (TPSA) is 102 Å². The SMILES string of the molecule is Cl.NC1(c2noc(C3CCCCN3S(=O)(=O)c3cccs3)n2)CCCC1. The first kappa shape index (κ1) is 19.8. The fourth-order valence-electron chi connectivity index (χ4n) is 3.77. The lowest BCUT2D eigenvalue weighted by Crippen LogP contribution is -2.38. The van der Waals surface area contributed by atoms with Crippen LogP contribution in [0.5, 0.6) is 0 Å². The molecule has 0 radical (unpaired) electrons. The molecule has 1 unspecified atom stereocenters. The van der Waals surface area contributed by atoms with E-state index in [1.807, 2.05) is 0 Å². The van der Waals surface area contributed by atoms with Crippen molar-refractivity contribution in [2.75, 3.05) is 6.54 Å². The quantitative estimate of drug-likeness (QED) is 0.817. The zero-order valence-corrected chi connectivity index (χ0v) is 16.8. The molecule has 4 rings (SSSR count). The van der Waals surface area contributed by atoms with E-state index in [2.05, 4.69) is 10.1 Å². The van der Waals surface area contributed by atoms with Gasteiger partial charge in [-0.05, 0) is 37.1 Å². The van der Waals surface area contributed by atoms with Gasteiger partial charge in [0.1, 0.15) is 10.3 Å². The average molecular weight is 419 g/mol. The lowest BCUT2D eigenvalue weighted by Gasteiger charge is -2.31. The highest BCUT2D eigenvalue weighted by Gasteiger charge is 2.41. The number of sulfonamides is 1. The Morgan fingerprint density at radius 3 is 2.73 bits per heavy atom.